The summed E-state index contributed by atoms with van der Waals surface area (Å²) in [6.07, 6.45) is 3.38. The van der Waals surface area contributed by atoms with E-state index in [-0.39, 0.29) is 22.8 Å². The number of carbonyl (C=O) groups is 1. The fourth-order valence-electron chi connectivity index (χ4n) is 1.61. The van der Waals surface area contributed by atoms with Gasteiger partial charge in [0.2, 0.25) is 0 Å². The van der Waals surface area contributed by atoms with Crippen molar-refractivity contribution in [1.82, 2.24) is 9.78 Å². The molecule has 0 aliphatic rings. The van der Waals surface area contributed by atoms with Gasteiger partial charge in [-0.15, -0.1) is 0 Å². The van der Waals surface area contributed by atoms with Crippen molar-refractivity contribution in [2.45, 2.75) is 11.4 Å². The van der Waals surface area contributed by atoms with Crippen molar-refractivity contribution in [3.05, 3.63) is 45.8 Å². The molecular weight excluding hydrogens is 395 g/mol. The number of aromatic carboxylic acids is 1. The van der Waals surface area contributed by atoms with E-state index in [1.165, 1.54) is 24.3 Å². The average Bonchev–Trinajstić information content (AvgIpc) is 2.82. The Hall–Kier alpha value is -1.42. The van der Waals surface area contributed by atoms with E-state index in [0.717, 1.165) is 3.57 Å². The highest BCUT2D eigenvalue weighted by molar-refractivity contribution is 14.1. The molecule has 2 rings (SSSR count). The van der Waals surface area contributed by atoms with Crippen LogP contribution in [0, 0.1) is 3.57 Å². The first kappa shape index (κ1) is 15.0. The fraction of sp³-hybridized carbons (Fsp3) is 0.167. The quantitative estimate of drug-likeness (QED) is 0.764. The lowest BCUT2D eigenvalue weighted by atomic mass is 10.2. The second kappa shape index (κ2) is 5.92. The van der Waals surface area contributed by atoms with Crippen molar-refractivity contribution in [2.75, 3.05) is 5.75 Å². The third-order valence-corrected chi connectivity index (χ3v) is 4.88. The molecule has 1 aromatic heterocycles. The van der Waals surface area contributed by atoms with E-state index < -0.39 is 15.8 Å². The molecule has 0 unspecified atom stereocenters. The Balaban J connectivity index is 2.17. The van der Waals surface area contributed by atoms with Gasteiger partial charge in [-0.2, -0.15) is 5.10 Å². The maximum Gasteiger partial charge on any atom is 0.335 e. The molecule has 8 heteroatoms. The Bertz CT molecular complexity index is 739. The largest absolute Gasteiger partial charge is 0.478 e. The first-order chi connectivity index (χ1) is 9.38. The lowest BCUT2D eigenvalue weighted by molar-refractivity contribution is 0.0696. The van der Waals surface area contributed by atoms with Crippen LogP contribution in [0.5, 0.6) is 0 Å². The van der Waals surface area contributed by atoms with Crippen molar-refractivity contribution in [3.8, 4) is 0 Å². The van der Waals surface area contributed by atoms with Crippen LogP contribution in [0.15, 0.2) is 41.6 Å². The van der Waals surface area contributed by atoms with E-state index in [2.05, 4.69) is 27.7 Å². The highest BCUT2D eigenvalue weighted by atomic mass is 127. The lowest BCUT2D eigenvalue weighted by Gasteiger charge is -2.05. The summed E-state index contributed by atoms with van der Waals surface area (Å²) < 4.78 is 26.8. The van der Waals surface area contributed by atoms with Crippen LogP contribution in [0.3, 0.4) is 0 Å². The smallest absolute Gasteiger partial charge is 0.335 e. The third kappa shape index (κ3) is 3.57. The van der Waals surface area contributed by atoms with Crippen molar-refractivity contribution in [1.29, 1.82) is 0 Å². The van der Waals surface area contributed by atoms with E-state index in [1.54, 1.807) is 17.1 Å². The zero-order valence-electron chi connectivity index (χ0n) is 10.2. The lowest BCUT2D eigenvalue weighted by Crippen LogP contribution is -2.14. The van der Waals surface area contributed by atoms with Crippen molar-refractivity contribution >= 4 is 38.4 Å². The monoisotopic (exact) mass is 406 g/mol. The number of hydrogen-bond donors (Lipinski definition) is 1. The molecule has 0 aliphatic heterocycles. The number of nitrogens with zero attached hydrogens (tertiary/aromatic N) is 2. The number of hydrogen-bond acceptors (Lipinski definition) is 4. The van der Waals surface area contributed by atoms with Crippen LogP contribution in [-0.2, 0) is 16.4 Å². The van der Waals surface area contributed by atoms with Gasteiger partial charge in [-0.1, -0.05) is 6.07 Å². The SMILES string of the molecule is O=C(O)c1cccc(S(=O)(=O)CCn2cc(I)cn2)c1. The Labute approximate surface area is 129 Å². The molecule has 1 N–H and O–H groups in total. The van der Waals surface area contributed by atoms with Gasteiger partial charge in [-0.3, -0.25) is 4.68 Å². The zero-order chi connectivity index (χ0) is 14.8. The topological polar surface area (TPSA) is 89.3 Å². The summed E-state index contributed by atoms with van der Waals surface area (Å²) in [6.45, 7) is 0.225. The Kier molecular flexibility index (Phi) is 4.43. The molecule has 0 spiro atoms. The average molecular weight is 406 g/mol. The highest BCUT2D eigenvalue weighted by Gasteiger charge is 2.16. The van der Waals surface area contributed by atoms with Crippen molar-refractivity contribution < 1.29 is 18.3 Å². The second-order valence-electron chi connectivity index (χ2n) is 4.07. The third-order valence-electron chi connectivity index (χ3n) is 2.63. The summed E-state index contributed by atoms with van der Waals surface area (Å²) in [5, 5.41) is 12.9. The minimum absolute atomic E-state index is 0.0132. The molecular formula is C12H11IN2O4S. The number of carboxylic acid groups (broad SMARTS) is 1. The molecule has 0 aliphatic carbocycles. The van der Waals surface area contributed by atoms with Gasteiger partial charge in [0.15, 0.2) is 9.84 Å². The first-order valence-corrected chi connectivity index (χ1v) is 8.36. The number of benzene rings is 1. The van der Waals surface area contributed by atoms with Crippen LogP contribution in [0.1, 0.15) is 10.4 Å². The van der Waals surface area contributed by atoms with Gasteiger partial charge in [0.1, 0.15) is 0 Å². The van der Waals surface area contributed by atoms with E-state index in [4.69, 9.17) is 5.11 Å². The summed E-state index contributed by atoms with van der Waals surface area (Å²) in [7, 11) is -3.53. The maximum atomic E-state index is 12.2. The van der Waals surface area contributed by atoms with Gasteiger partial charge >= 0.3 is 5.97 Å². The van der Waals surface area contributed by atoms with Crippen LogP contribution < -0.4 is 0 Å². The summed E-state index contributed by atoms with van der Waals surface area (Å²) in [5.74, 6) is -1.28. The molecule has 0 amide bonds. The standard InChI is InChI=1S/C12H11IN2O4S/c13-10-7-14-15(8-10)4-5-20(18,19)11-3-1-2-9(6-11)12(16)17/h1-3,6-8H,4-5H2,(H,16,17). The summed E-state index contributed by atoms with van der Waals surface area (Å²) in [4.78, 5) is 10.9. The molecule has 1 aromatic carbocycles. The maximum absolute atomic E-state index is 12.2. The van der Waals surface area contributed by atoms with Gasteiger partial charge in [0.25, 0.3) is 0 Å². The van der Waals surface area contributed by atoms with Crippen molar-refractivity contribution in [2.24, 2.45) is 0 Å². The first-order valence-electron chi connectivity index (χ1n) is 5.62. The van der Waals surface area contributed by atoms with E-state index in [0.29, 0.717) is 0 Å². The minimum Gasteiger partial charge on any atom is -0.478 e. The summed E-state index contributed by atoms with van der Waals surface area (Å²) in [5.41, 5.74) is -0.0419. The normalized spacial score (nSPS) is 11.4. The van der Waals surface area contributed by atoms with E-state index in [1.807, 2.05) is 0 Å². The van der Waals surface area contributed by atoms with Gasteiger partial charge < -0.3 is 5.11 Å². The minimum atomic E-state index is -3.53. The van der Waals surface area contributed by atoms with Crippen LogP contribution in [0.25, 0.3) is 0 Å². The van der Waals surface area contributed by atoms with Gasteiger partial charge in [-0.05, 0) is 40.8 Å². The molecule has 1 heterocycles. The number of rotatable bonds is 5. The predicted octanol–water partition coefficient (Wildman–Crippen LogP) is 1.66. The Morgan fingerprint density at radius 3 is 2.75 bits per heavy atom. The van der Waals surface area contributed by atoms with Gasteiger partial charge in [-0.25, -0.2) is 13.2 Å². The van der Waals surface area contributed by atoms with Crippen molar-refractivity contribution in [3.63, 3.8) is 0 Å². The highest BCUT2D eigenvalue weighted by Crippen LogP contribution is 2.14. The molecule has 6 nitrogen and oxygen atoms in total. The van der Waals surface area contributed by atoms with Gasteiger partial charge in [0, 0.05) is 6.20 Å². The van der Waals surface area contributed by atoms with Crippen LogP contribution in [-0.4, -0.2) is 35.0 Å². The molecule has 0 saturated heterocycles. The fourth-order valence-corrected chi connectivity index (χ4v) is 3.32. The molecule has 0 radical (unpaired) electrons. The number of aromatic nitrogens is 2. The zero-order valence-corrected chi connectivity index (χ0v) is 13.2. The molecule has 0 atom stereocenters. The van der Waals surface area contributed by atoms with E-state index >= 15 is 0 Å². The van der Waals surface area contributed by atoms with Crippen LogP contribution >= 0.6 is 22.6 Å². The predicted molar refractivity (Wildman–Crippen MR) is 80.4 cm³/mol. The Morgan fingerprint density at radius 1 is 1.40 bits per heavy atom. The number of halogens is 1. The number of carboxylic acids is 1. The molecule has 2 aromatic rings. The van der Waals surface area contributed by atoms with E-state index in [9.17, 15) is 13.2 Å². The molecule has 0 fully saturated rings. The number of aryl methyl sites for hydroxylation is 1. The molecule has 0 bridgehead atoms. The number of sulfone groups is 1. The second-order valence-corrected chi connectivity index (χ2v) is 7.43. The molecule has 106 valence electrons. The van der Waals surface area contributed by atoms with Crippen LogP contribution in [0.2, 0.25) is 0 Å². The Morgan fingerprint density at radius 2 is 2.15 bits per heavy atom. The summed E-state index contributed by atoms with van der Waals surface area (Å²) >= 11 is 2.09. The molecule has 20 heavy (non-hydrogen) atoms. The summed E-state index contributed by atoms with van der Waals surface area (Å²) in [6, 6.07) is 5.35. The molecule has 0 saturated carbocycles. The van der Waals surface area contributed by atoms with Crippen LogP contribution in [0.4, 0.5) is 0 Å². The van der Waals surface area contributed by atoms with Gasteiger partial charge in [0.05, 0.1) is 32.5 Å².